The molecule has 2 aromatic heterocycles. The van der Waals surface area contributed by atoms with Gasteiger partial charge in [-0.1, -0.05) is 0 Å². The summed E-state index contributed by atoms with van der Waals surface area (Å²) in [4.78, 5) is 18.6. The largest absolute Gasteiger partial charge is 0.462 e. The number of hydrogen-bond acceptors (Lipinski definition) is 4. The van der Waals surface area contributed by atoms with E-state index in [0.29, 0.717) is 17.2 Å². The zero-order chi connectivity index (χ0) is 18.0. The minimum absolute atomic E-state index is 0.247. The number of fused-ring (bicyclic) bond motifs is 1. The van der Waals surface area contributed by atoms with Crippen LogP contribution < -0.4 is 5.32 Å². The molecule has 0 bridgehead atoms. The first-order valence-corrected chi connectivity index (χ1v) is 7.72. The van der Waals surface area contributed by atoms with Crippen molar-refractivity contribution in [2.75, 3.05) is 26.0 Å². The van der Waals surface area contributed by atoms with Crippen LogP contribution in [0.3, 0.4) is 0 Å². The molecule has 0 saturated heterocycles. The van der Waals surface area contributed by atoms with Gasteiger partial charge in [0.25, 0.3) is 5.91 Å². The molecular formula is C18H17F2N3O2. The van der Waals surface area contributed by atoms with Crippen LogP contribution in [0.5, 0.6) is 0 Å². The number of benzene rings is 1. The second kappa shape index (κ2) is 6.98. The van der Waals surface area contributed by atoms with Crippen molar-refractivity contribution in [3.63, 3.8) is 0 Å². The van der Waals surface area contributed by atoms with E-state index < -0.39 is 17.5 Å². The molecule has 0 fully saturated rings. The first kappa shape index (κ1) is 17.0. The Kier molecular flexibility index (Phi) is 4.76. The van der Waals surface area contributed by atoms with E-state index in [1.807, 2.05) is 19.0 Å². The van der Waals surface area contributed by atoms with Gasteiger partial charge in [-0.25, -0.2) is 13.8 Å². The summed E-state index contributed by atoms with van der Waals surface area (Å²) < 4.78 is 32.1. The fourth-order valence-corrected chi connectivity index (χ4v) is 2.41. The van der Waals surface area contributed by atoms with Gasteiger partial charge in [0.2, 0.25) is 0 Å². The van der Waals surface area contributed by atoms with Gasteiger partial charge in [0.05, 0.1) is 11.8 Å². The SMILES string of the molecule is CN(C)CCc1coc2ccc(NC(=O)c3ccc(F)cc3F)nc12. The summed E-state index contributed by atoms with van der Waals surface area (Å²) in [6, 6.07) is 6.06. The van der Waals surface area contributed by atoms with Crippen LogP contribution in [0.2, 0.25) is 0 Å². The van der Waals surface area contributed by atoms with E-state index in [1.165, 1.54) is 0 Å². The predicted molar refractivity (Wildman–Crippen MR) is 90.6 cm³/mol. The number of likely N-dealkylation sites (N-methyl/N-ethyl adjacent to an activating group) is 1. The Balaban J connectivity index is 1.83. The van der Waals surface area contributed by atoms with Gasteiger partial charge in [0, 0.05) is 18.2 Å². The summed E-state index contributed by atoms with van der Waals surface area (Å²) in [5, 5.41) is 2.53. The topological polar surface area (TPSA) is 58.4 Å². The zero-order valence-electron chi connectivity index (χ0n) is 13.8. The standard InChI is InChI=1S/C18H17F2N3O2/c1-23(2)8-7-11-10-25-15-5-6-16(21-17(11)15)22-18(24)13-4-3-12(19)9-14(13)20/h3-6,9-10H,7-8H2,1-2H3,(H,21,22,24). The fourth-order valence-electron chi connectivity index (χ4n) is 2.41. The Morgan fingerprint density at radius 1 is 1.24 bits per heavy atom. The van der Waals surface area contributed by atoms with Crippen LogP contribution in [0.25, 0.3) is 11.1 Å². The number of carbonyl (C=O) groups is 1. The van der Waals surface area contributed by atoms with Crippen LogP contribution in [0.1, 0.15) is 15.9 Å². The van der Waals surface area contributed by atoms with E-state index >= 15 is 0 Å². The highest BCUT2D eigenvalue weighted by atomic mass is 19.1. The van der Waals surface area contributed by atoms with Crippen molar-refractivity contribution < 1.29 is 18.0 Å². The molecule has 0 spiro atoms. The maximum Gasteiger partial charge on any atom is 0.259 e. The molecule has 0 radical (unpaired) electrons. The fraction of sp³-hybridized carbons (Fsp3) is 0.222. The number of halogens is 2. The monoisotopic (exact) mass is 345 g/mol. The molecule has 0 aliphatic heterocycles. The summed E-state index contributed by atoms with van der Waals surface area (Å²) in [5.74, 6) is -2.08. The van der Waals surface area contributed by atoms with E-state index in [9.17, 15) is 13.6 Å². The second-order valence-electron chi connectivity index (χ2n) is 5.94. The lowest BCUT2D eigenvalue weighted by Crippen LogP contribution is -2.15. The third-order valence-corrected chi connectivity index (χ3v) is 3.74. The Morgan fingerprint density at radius 3 is 2.76 bits per heavy atom. The highest BCUT2D eigenvalue weighted by molar-refractivity contribution is 6.04. The number of anilines is 1. The molecule has 5 nitrogen and oxygen atoms in total. The summed E-state index contributed by atoms with van der Waals surface area (Å²) >= 11 is 0. The van der Waals surface area contributed by atoms with Crippen LogP contribution in [-0.4, -0.2) is 36.4 Å². The molecule has 0 unspecified atom stereocenters. The molecule has 0 aliphatic rings. The molecule has 1 amide bonds. The molecule has 7 heteroatoms. The van der Waals surface area contributed by atoms with Crippen LogP contribution in [-0.2, 0) is 6.42 Å². The van der Waals surface area contributed by atoms with Crippen molar-refractivity contribution >= 4 is 22.8 Å². The Bertz CT molecular complexity index is 922. The van der Waals surface area contributed by atoms with Gasteiger partial charge in [-0.2, -0.15) is 0 Å². The summed E-state index contributed by atoms with van der Waals surface area (Å²) in [6.07, 6.45) is 2.39. The first-order valence-electron chi connectivity index (χ1n) is 7.72. The van der Waals surface area contributed by atoms with Crippen molar-refractivity contribution in [2.24, 2.45) is 0 Å². The molecule has 0 aliphatic carbocycles. The van der Waals surface area contributed by atoms with Gasteiger partial charge in [-0.15, -0.1) is 0 Å². The van der Waals surface area contributed by atoms with Crippen LogP contribution in [0, 0.1) is 11.6 Å². The van der Waals surface area contributed by atoms with Crippen molar-refractivity contribution in [3.05, 3.63) is 59.4 Å². The number of rotatable bonds is 5. The minimum atomic E-state index is -0.923. The molecule has 3 aromatic rings. The smallest absolute Gasteiger partial charge is 0.259 e. The number of amides is 1. The molecule has 1 N–H and O–H groups in total. The predicted octanol–water partition coefficient (Wildman–Crippen LogP) is 3.46. The number of nitrogens with one attached hydrogen (secondary N) is 1. The first-order chi connectivity index (χ1) is 11.9. The summed E-state index contributed by atoms with van der Waals surface area (Å²) in [6.45, 7) is 0.827. The van der Waals surface area contributed by atoms with Gasteiger partial charge < -0.3 is 14.6 Å². The lowest BCUT2D eigenvalue weighted by Gasteiger charge is -2.08. The normalized spacial score (nSPS) is 11.2. The average Bonchev–Trinajstić information content (AvgIpc) is 2.95. The molecular weight excluding hydrogens is 328 g/mol. The number of aromatic nitrogens is 1. The van der Waals surface area contributed by atoms with Gasteiger partial charge in [-0.3, -0.25) is 4.79 Å². The molecule has 1 aromatic carbocycles. The van der Waals surface area contributed by atoms with Gasteiger partial charge in [-0.05, 0) is 44.8 Å². The third-order valence-electron chi connectivity index (χ3n) is 3.74. The van der Waals surface area contributed by atoms with E-state index in [2.05, 4.69) is 10.3 Å². The number of carbonyl (C=O) groups excluding carboxylic acids is 1. The van der Waals surface area contributed by atoms with Crippen molar-refractivity contribution in [1.82, 2.24) is 9.88 Å². The van der Waals surface area contributed by atoms with E-state index in [4.69, 9.17) is 4.42 Å². The van der Waals surface area contributed by atoms with Gasteiger partial charge in [0.1, 0.15) is 23.0 Å². The Labute approximate surface area is 143 Å². The van der Waals surface area contributed by atoms with Crippen LogP contribution in [0.15, 0.2) is 41.0 Å². The third kappa shape index (κ3) is 3.83. The highest BCUT2D eigenvalue weighted by Gasteiger charge is 2.15. The number of nitrogens with zero attached hydrogens (tertiary/aromatic N) is 2. The second-order valence-corrected chi connectivity index (χ2v) is 5.94. The minimum Gasteiger partial charge on any atom is -0.462 e. The van der Waals surface area contributed by atoms with Gasteiger partial charge in [0.15, 0.2) is 5.58 Å². The van der Waals surface area contributed by atoms with Crippen molar-refractivity contribution in [3.8, 4) is 0 Å². The van der Waals surface area contributed by atoms with Gasteiger partial charge >= 0.3 is 0 Å². The Hall–Kier alpha value is -2.80. The van der Waals surface area contributed by atoms with E-state index in [-0.39, 0.29) is 11.4 Å². The van der Waals surface area contributed by atoms with Crippen molar-refractivity contribution in [2.45, 2.75) is 6.42 Å². The quantitative estimate of drug-likeness (QED) is 0.769. The lowest BCUT2D eigenvalue weighted by atomic mass is 10.2. The van der Waals surface area contributed by atoms with E-state index in [0.717, 1.165) is 30.7 Å². The summed E-state index contributed by atoms with van der Waals surface area (Å²) in [5.41, 5.74) is 1.94. The average molecular weight is 345 g/mol. The molecule has 3 rings (SSSR count). The molecule has 2 heterocycles. The molecule has 0 saturated carbocycles. The molecule has 0 atom stereocenters. The number of pyridine rings is 1. The summed E-state index contributed by atoms with van der Waals surface area (Å²) in [7, 11) is 3.94. The zero-order valence-corrected chi connectivity index (χ0v) is 13.8. The maximum absolute atomic E-state index is 13.7. The Morgan fingerprint density at radius 2 is 2.04 bits per heavy atom. The number of hydrogen-bond donors (Lipinski definition) is 1. The van der Waals surface area contributed by atoms with E-state index in [1.54, 1.807) is 18.4 Å². The van der Waals surface area contributed by atoms with Crippen molar-refractivity contribution in [1.29, 1.82) is 0 Å². The molecule has 130 valence electrons. The number of furan rings is 1. The lowest BCUT2D eigenvalue weighted by molar-refractivity contribution is 0.102. The highest BCUT2D eigenvalue weighted by Crippen LogP contribution is 2.22. The van der Waals surface area contributed by atoms with Crippen LogP contribution >= 0.6 is 0 Å². The molecule has 25 heavy (non-hydrogen) atoms. The van der Waals surface area contributed by atoms with Crippen LogP contribution in [0.4, 0.5) is 14.6 Å². The maximum atomic E-state index is 13.7.